The third-order valence-electron chi connectivity index (χ3n) is 8.48. The first-order valence-corrected chi connectivity index (χ1v) is 13.8. The van der Waals surface area contributed by atoms with Crippen molar-refractivity contribution in [2.24, 2.45) is 11.8 Å². The van der Waals surface area contributed by atoms with E-state index in [2.05, 4.69) is 39.8 Å². The molecule has 0 spiro atoms. The summed E-state index contributed by atoms with van der Waals surface area (Å²) in [5, 5.41) is 15.6. The van der Waals surface area contributed by atoms with E-state index in [4.69, 9.17) is 4.74 Å². The van der Waals surface area contributed by atoms with Crippen LogP contribution in [0.1, 0.15) is 35.4 Å². The number of carbonyl (C=O) groups is 3. The van der Waals surface area contributed by atoms with Crippen LogP contribution in [0.3, 0.4) is 0 Å². The third-order valence-corrected chi connectivity index (χ3v) is 8.48. The molecule has 206 valence electrons. The summed E-state index contributed by atoms with van der Waals surface area (Å²) in [4.78, 5) is 39.8. The summed E-state index contributed by atoms with van der Waals surface area (Å²) in [5.74, 6) is -1.63. The average Bonchev–Trinajstić information content (AvgIpc) is 3.54. The molecule has 6 rings (SSSR count). The minimum Gasteiger partial charge on any atom is -0.479 e. The Balaban J connectivity index is 0.978. The van der Waals surface area contributed by atoms with Crippen LogP contribution in [0, 0.1) is 11.8 Å². The van der Waals surface area contributed by atoms with Gasteiger partial charge in [0.2, 0.25) is 5.91 Å². The summed E-state index contributed by atoms with van der Waals surface area (Å²) in [6.45, 7) is 2.04. The minimum absolute atomic E-state index is 0.0160. The summed E-state index contributed by atoms with van der Waals surface area (Å²) >= 11 is 0. The van der Waals surface area contributed by atoms with Gasteiger partial charge >= 0.3 is 12.1 Å². The smallest absolute Gasteiger partial charge is 0.407 e. The van der Waals surface area contributed by atoms with Crippen LogP contribution in [-0.4, -0.2) is 59.8 Å². The maximum Gasteiger partial charge on any atom is 0.407 e. The summed E-state index contributed by atoms with van der Waals surface area (Å²) in [7, 11) is 0. The number of carboxylic acid groups (broad SMARTS) is 1. The van der Waals surface area contributed by atoms with Gasteiger partial charge in [0.25, 0.3) is 0 Å². The van der Waals surface area contributed by atoms with Gasteiger partial charge in [-0.25, -0.2) is 9.59 Å². The maximum atomic E-state index is 13.0. The molecular weight excluding hydrogens is 506 g/mol. The molecule has 1 aliphatic heterocycles. The first-order valence-electron chi connectivity index (χ1n) is 13.8. The zero-order valence-corrected chi connectivity index (χ0v) is 22.2. The van der Waals surface area contributed by atoms with Crippen molar-refractivity contribution < 1.29 is 24.2 Å². The molecule has 0 aromatic heterocycles. The van der Waals surface area contributed by atoms with Crippen LogP contribution in [0.2, 0.25) is 0 Å². The van der Waals surface area contributed by atoms with E-state index in [1.165, 1.54) is 11.1 Å². The molecule has 1 saturated carbocycles. The van der Waals surface area contributed by atoms with Crippen molar-refractivity contribution >= 4 is 18.0 Å². The normalized spacial score (nSPS) is 23.2. The van der Waals surface area contributed by atoms with Crippen molar-refractivity contribution in [3.05, 3.63) is 95.6 Å². The number of likely N-dealkylation sites (tertiary alicyclic amines) is 1. The summed E-state index contributed by atoms with van der Waals surface area (Å²) < 4.78 is 5.60. The predicted octanol–water partition coefficient (Wildman–Crippen LogP) is 4.01. The molecule has 3 aliphatic rings. The van der Waals surface area contributed by atoms with E-state index in [0.29, 0.717) is 32.5 Å². The number of alkyl carbamates (subject to hydrolysis) is 1. The number of rotatable bonds is 9. The van der Waals surface area contributed by atoms with E-state index < -0.39 is 17.6 Å². The molecule has 2 fully saturated rings. The van der Waals surface area contributed by atoms with Crippen LogP contribution in [0.25, 0.3) is 11.1 Å². The molecule has 3 atom stereocenters. The second-order valence-electron chi connectivity index (χ2n) is 11.1. The number of hydrogen-bond donors (Lipinski definition) is 3. The van der Waals surface area contributed by atoms with Crippen LogP contribution in [-0.2, 0) is 20.9 Å². The lowest BCUT2D eigenvalue weighted by Gasteiger charge is -2.26. The van der Waals surface area contributed by atoms with Gasteiger partial charge < -0.3 is 20.5 Å². The molecule has 2 amide bonds. The number of ether oxygens (including phenoxy) is 1. The Morgan fingerprint density at radius 3 is 2.25 bits per heavy atom. The molecule has 8 heteroatoms. The van der Waals surface area contributed by atoms with Gasteiger partial charge in [-0.1, -0.05) is 78.9 Å². The van der Waals surface area contributed by atoms with E-state index in [0.717, 1.165) is 16.7 Å². The van der Waals surface area contributed by atoms with Crippen LogP contribution in [0.5, 0.6) is 0 Å². The van der Waals surface area contributed by atoms with Crippen LogP contribution in [0.15, 0.2) is 78.9 Å². The zero-order valence-electron chi connectivity index (χ0n) is 22.2. The Kier molecular flexibility index (Phi) is 7.02. The molecule has 40 heavy (non-hydrogen) atoms. The number of fused-ring (bicyclic) bond motifs is 3. The van der Waals surface area contributed by atoms with Crippen molar-refractivity contribution in [2.75, 3.05) is 26.2 Å². The fourth-order valence-electron chi connectivity index (χ4n) is 6.18. The molecule has 3 N–H and O–H groups in total. The highest BCUT2D eigenvalue weighted by Gasteiger charge is 2.50. The highest BCUT2D eigenvalue weighted by Crippen LogP contribution is 2.44. The number of carboxylic acids is 1. The fraction of sp³-hybridized carbons (Fsp3) is 0.344. The lowest BCUT2D eigenvalue weighted by molar-refractivity contribution is -0.147. The first-order chi connectivity index (χ1) is 19.4. The van der Waals surface area contributed by atoms with Crippen LogP contribution < -0.4 is 10.6 Å². The Morgan fingerprint density at radius 1 is 0.925 bits per heavy atom. The van der Waals surface area contributed by atoms with Gasteiger partial charge in [0.15, 0.2) is 5.54 Å². The number of nitrogens with one attached hydrogen (secondary N) is 2. The largest absolute Gasteiger partial charge is 0.479 e. The van der Waals surface area contributed by atoms with Gasteiger partial charge in [-0.15, -0.1) is 0 Å². The molecule has 2 aliphatic carbocycles. The maximum absolute atomic E-state index is 13.0. The summed E-state index contributed by atoms with van der Waals surface area (Å²) in [6, 6.07) is 26.2. The van der Waals surface area contributed by atoms with E-state index in [1.807, 2.05) is 54.6 Å². The molecular formula is C32H33N3O5. The Hall–Kier alpha value is -4.17. The zero-order chi connectivity index (χ0) is 27.7. The van der Waals surface area contributed by atoms with E-state index in [-0.39, 0.29) is 36.8 Å². The quantitative estimate of drug-likeness (QED) is 0.379. The average molecular weight is 540 g/mol. The molecule has 3 aromatic carbocycles. The number of hydrogen-bond acceptors (Lipinski definition) is 5. The topological polar surface area (TPSA) is 108 Å². The number of amides is 2. The number of benzene rings is 3. The van der Waals surface area contributed by atoms with Crippen molar-refractivity contribution in [3.63, 3.8) is 0 Å². The van der Waals surface area contributed by atoms with Crippen molar-refractivity contribution in [3.8, 4) is 11.1 Å². The summed E-state index contributed by atoms with van der Waals surface area (Å²) in [5.41, 5.74) is 4.46. The van der Waals surface area contributed by atoms with Gasteiger partial charge in [0, 0.05) is 38.0 Å². The van der Waals surface area contributed by atoms with Crippen molar-refractivity contribution in [1.29, 1.82) is 0 Å². The van der Waals surface area contributed by atoms with Gasteiger partial charge in [-0.2, -0.15) is 0 Å². The Morgan fingerprint density at radius 2 is 1.57 bits per heavy atom. The molecule has 8 nitrogen and oxygen atoms in total. The molecule has 1 saturated heterocycles. The van der Waals surface area contributed by atoms with Crippen LogP contribution in [0.4, 0.5) is 4.79 Å². The van der Waals surface area contributed by atoms with Gasteiger partial charge in [-0.3, -0.25) is 9.69 Å². The monoisotopic (exact) mass is 539 g/mol. The SMILES string of the molecule is O=C(NCC1CC1C(=O)NC1(C(=O)O)CCN(Cc2ccccc2)C1)OCC1c2ccccc2-c2ccccc21. The van der Waals surface area contributed by atoms with Crippen molar-refractivity contribution in [1.82, 2.24) is 15.5 Å². The second-order valence-corrected chi connectivity index (χ2v) is 11.1. The minimum atomic E-state index is -1.29. The third kappa shape index (κ3) is 5.19. The number of carbonyl (C=O) groups excluding carboxylic acids is 2. The number of nitrogens with zero attached hydrogens (tertiary/aromatic N) is 1. The van der Waals surface area contributed by atoms with E-state index >= 15 is 0 Å². The molecule has 0 radical (unpaired) electrons. The lowest BCUT2D eigenvalue weighted by atomic mass is 9.98. The van der Waals surface area contributed by atoms with E-state index in [1.54, 1.807) is 0 Å². The molecule has 3 unspecified atom stereocenters. The molecule has 0 bridgehead atoms. The Bertz CT molecular complexity index is 1380. The first kappa shape index (κ1) is 26.1. The summed E-state index contributed by atoms with van der Waals surface area (Å²) in [6.07, 6.45) is 0.456. The van der Waals surface area contributed by atoms with Gasteiger partial charge in [-0.05, 0) is 46.6 Å². The standard InChI is InChI=1S/C32H33N3O5/c36-29(34-32(30(37)38)14-15-35(20-32)18-21-8-2-1-3-9-21)27-16-22(27)17-33-31(39)40-19-28-25-12-6-4-10-23(25)24-11-5-7-13-26(24)28/h1-13,22,27-28H,14-20H2,(H,33,39)(H,34,36)(H,37,38). The number of aliphatic carboxylic acids is 1. The predicted molar refractivity (Wildman–Crippen MR) is 150 cm³/mol. The molecule has 3 aromatic rings. The molecule has 1 heterocycles. The fourth-order valence-corrected chi connectivity index (χ4v) is 6.18. The Labute approximate surface area is 233 Å². The highest BCUT2D eigenvalue weighted by atomic mass is 16.5. The van der Waals surface area contributed by atoms with Crippen LogP contribution >= 0.6 is 0 Å². The highest BCUT2D eigenvalue weighted by molar-refractivity contribution is 5.90. The van der Waals surface area contributed by atoms with Crippen molar-refractivity contribution in [2.45, 2.75) is 30.8 Å². The van der Waals surface area contributed by atoms with Gasteiger partial charge in [0.1, 0.15) is 6.61 Å². The van der Waals surface area contributed by atoms with Gasteiger partial charge in [0.05, 0.1) is 0 Å². The lowest BCUT2D eigenvalue weighted by Crippen LogP contribution is -2.56. The second kappa shape index (κ2) is 10.8. The van der Waals surface area contributed by atoms with E-state index in [9.17, 15) is 19.5 Å².